The van der Waals surface area contributed by atoms with E-state index in [9.17, 15) is 14.0 Å². The molecule has 4 nitrogen and oxygen atoms in total. The Morgan fingerprint density at radius 1 is 1.25 bits per heavy atom. The average Bonchev–Trinajstić information content (AvgIpc) is 2.93. The number of fused-ring (bicyclic) bond motifs is 1. The molecule has 2 aromatic rings. The molecule has 0 saturated carbocycles. The molecule has 0 radical (unpaired) electrons. The number of amides is 2. The lowest BCUT2D eigenvalue weighted by molar-refractivity contribution is -0.125. The number of carbonyl (C=O) groups excluding carboxylic acids is 2. The Bertz CT molecular complexity index is 869. The highest BCUT2D eigenvalue weighted by atomic mass is 35.5. The summed E-state index contributed by atoms with van der Waals surface area (Å²) in [6.07, 6.45) is 1.80. The number of benzene rings is 2. The summed E-state index contributed by atoms with van der Waals surface area (Å²) in [5.74, 6) is -0.974. The third-order valence-electron chi connectivity index (χ3n) is 5.10. The van der Waals surface area contributed by atoms with Crippen molar-refractivity contribution in [2.45, 2.75) is 38.6 Å². The van der Waals surface area contributed by atoms with Crippen LogP contribution in [0.3, 0.4) is 0 Å². The molecule has 0 saturated heterocycles. The van der Waals surface area contributed by atoms with Crippen LogP contribution < -0.4 is 5.32 Å². The SMILES string of the molecule is CCCCNC(=O)[C@@H]1c2cc(F)ccc2C(=O)N1C[C@@H](C)c1ccc(Cl)cc1. The summed E-state index contributed by atoms with van der Waals surface area (Å²) < 4.78 is 13.9. The fourth-order valence-corrected chi connectivity index (χ4v) is 3.67. The quantitative estimate of drug-likeness (QED) is 0.682. The molecule has 1 heterocycles. The second-order valence-corrected chi connectivity index (χ2v) is 7.63. The van der Waals surface area contributed by atoms with Gasteiger partial charge in [0, 0.05) is 23.7 Å². The van der Waals surface area contributed by atoms with Crippen LogP contribution in [0.15, 0.2) is 42.5 Å². The molecule has 1 aliphatic rings. The molecule has 0 fully saturated rings. The van der Waals surface area contributed by atoms with Crippen molar-refractivity contribution in [2.75, 3.05) is 13.1 Å². The second kappa shape index (κ2) is 8.74. The zero-order chi connectivity index (χ0) is 20.3. The lowest BCUT2D eigenvalue weighted by Crippen LogP contribution is -2.41. The molecule has 1 N–H and O–H groups in total. The maximum Gasteiger partial charge on any atom is 0.255 e. The molecule has 148 valence electrons. The first-order chi connectivity index (χ1) is 13.4. The molecule has 0 aromatic heterocycles. The van der Waals surface area contributed by atoms with Crippen LogP contribution in [-0.2, 0) is 4.79 Å². The minimum atomic E-state index is -0.815. The van der Waals surface area contributed by atoms with Gasteiger partial charge < -0.3 is 10.2 Å². The molecule has 0 bridgehead atoms. The minimum absolute atomic E-state index is 0.00804. The van der Waals surface area contributed by atoms with Crippen LogP contribution in [0.2, 0.25) is 5.02 Å². The summed E-state index contributed by atoms with van der Waals surface area (Å²) in [4.78, 5) is 27.4. The van der Waals surface area contributed by atoms with E-state index < -0.39 is 11.9 Å². The van der Waals surface area contributed by atoms with Gasteiger partial charge in [-0.1, -0.05) is 44.0 Å². The van der Waals surface area contributed by atoms with Crippen molar-refractivity contribution in [1.82, 2.24) is 10.2 Å². The Hall–Kier alpha value is -2.40. The third-order valence-corrected chi connectivity index (χ3v) is 5.35. The lowest BCUT2D eigenvalue weighted by Gasteiger charge is -2.27. The lowest BCUT2D eigenvalue weighted by atomic mass is 9.99. The molecule has 2 aromatic carbocycles. The third kappa shape index (κ3) is 4.20. The van der Waals surface area contributed by atoms with E-state index in [-0.39, 0.29) is 17.7 Å². The van der Waals surface area contributed by atoms with E-state index in [4.69, 9.17) is 11.6 Å². The summed E-state index contributed by atoms with van der Waals surface area (Å²) in [6, 6.07) is 10.6. The van der Waals surface area contributed by atoms with Crippen molar-refractivity contribution in [3.8, 4) is 0 Å². The summed E-state index contributed by atoms with van der Waals surface area (Å²) in [6.45, 7) is 4.91. The molecule has 3 rings (SSSR count). The molecule has 2 amide bonds. The van der Waals surface area contributed by atoms with E-state index in [1.165, 1.54) is 18.2 Å². The fraction of sp³-hybridized carbons (Fsp3) is 0.364. The first-order valence-electron chi connectivity index (χ1n) is 9.56. The second-order valence-electron chi connectivity index (χ2n) is 7.19. The molecular weight excluding hydrogens is 379 g/mol. The summed E-state index contributed by atoms with van der Waals surface area (Å²) in [7, 11) is 0. The van der Waals surface area contributed by atoms with E-state index in [0.29, 0.717) is 29.2 Å². The highest BCUT2D eigenvalue weighted by Crippen LogP contribution is 2.36. The van der Waals surface area contributed by atoms with E-state index >= 15 is 0 Å². The maximum atomic E-state index is 13.9. The Morgan fingerprint density at radius 2 is 1.96 bits per heavy atom. The molecule has 2 atom stereocenters. The predicted molar refractivity (Wildman–Crippen MR) is 108 cm³/mol. The highest BCUT2D eigenvalue weighted by molar-refractivity contribution is 6.30. The molecule has 6 heteroatoms. The van der Waals surface area contributed by atoms with Gasteiger partial charge in [0.05, 0.1) is 0 Å². The number of halogens is 2. The molecule has 0 spiro atoms. The van der Waals surface area contributed by atoms with Gasteiger partial charge in [0.15, 0.2) is 0 Å². The summed E-state index contributed by atoms with van der Waals surface area (Å²) in [5.41, 5.74) is 1.84. The number of hydrogen-bond acceptors (Lipinski definition) is 2. The number of rotatable bonds is 7. The Kier molecular flexibility index (Phi) is 6.35. The van der Waals surface area contributed by atoms with Crippen LogP contribution >= 0.6 is 11.6 Å². The first-order valence-corrected chi connectivity index (χ1v) is 9.93. The van der Waals surface area contributed by atoms with Crippen LogP contribution in [0.4, 0.5) is 4.39 Å². The number of unbranched alkanes of at least 4 members (excludes halogenated alkanes) is 1. The van der Waals surface area contributed by atoms with Gasteiger partial charge in [-0.3, -0.25) is 9.59 Å². The van der Waals surface area contributed by atoms with E-state index in [1.807, 2.05) is 26.0 Å². The summed E-state index contributed by atoms with van der Waals surface area (Å²) in [5, 5.41) is 3.53. The Labute approximate surface area is 169 Å². The average molecular weight is 403 g/mol. The van der Waals surface area contributed by atoms with Crippen molar-refractivity contribution in [2.24, 2.45) is 0 Å². The summed E-state index contributed by atoms with van der Waals surface area (Å²) >= 11 is 5.96. The van der Waals surface area contributed by atoms with E-state index in [0.717, 1.165) is 18.4 Å². The van der Waals surface area contributed by atoms with E-state index in [2.05, 4.69) is 5.32 Å². The first kappa shape index (κ1) is 20.3. The maximum absolute atomic E-state index is 13.9. The number of nitrogens with one attached hydrogen (secondary N) is 1. The molecule has 1 aliphatic heterocycles. The number of hydrogen-bond donors (Lipinski definition) is 1. The van der Waals surface area contributed by atoms with Crippen molar-refractivity contribution in [3.63, 3.8) is 0 Å². The largest absolute Gasteiger partial charge is 0.354 e. The highest BCUT2D eigenvalue weighted by Gasteiger charge is 2.41. The van der Waals surface area contributed by atoms with Crippen LogP contribution in [0, 0.1) is 5.82 Å². The fourth-order valence-electron chi connectivity index (χ4n) is 3.54. The van der Waals surface area contributed by atoms with Gasteiger partial charge in [-0.05, 0) is 53.8 Å². The molecule has 28 heavy (non-hydrogen) atoms. The van der Waals surface area contributed by atoms with Crippen LogP contribution in [0.1, 0.15) is 60.1 Å². The molecular formula is C22H24ClFN2O2. The molecule has 0 aliphatic carbocycles. The van der Waals surface area contributed by atoms with Crippen LogP contribution in [0.5, 0.6) is 0 Å². The van der Waals surface area contributed by atoms with Crippen molar-refractivity contribution >= 4 is 23.4 Å². The minimum Gasteiger partial charge on any atom is -0.354 e. The molecule has 0 unspecified atom stereocenters. The smallest absolute Gasteiger partial charge is 0.255 e. The Balaban J connectivity index is 1.87. The number of nitrogens with zero attached hydrogens (tertiary/aromatic N) is 1. The normalized spacial score (nSPS) is 16.8. The Morgan fingerprint density at radius 3 is 2.64 bits per heavy atom. The van der Waals surface area contributed by atoms with Gasteiger partial charge in [0.2, 0.25) is 5.91 Å². The van der Waals surface area contributed by atoms with Crippen molar-refractivity contribution in [3.05, 3.63) is 70.0 Å². The van der Waals surface area contributed by atoms with Gasteiger partial charge in [-0.2, -0.15) is 0 Å². The van der Waals surface area contributed by atoms with Crippen molar-refractivity contribution in [1.29, 1.82) is 0 Å². The predicted octanol–water partition coefficient (Wildman–Crippen LogP) is 4.70. The van der Waals surface area contributed by atoms with Gasteiger partial charge in [0.25, 0.3) is 5.91 Å². The number of carbonyl (C=O) groups is 2. The monoisotopic (exact) mass is 402 g/mol. The van der Waals surface area contributed by atoms with E-state index in [1.54, 1.807) is 17.0 Å². The zero-order valence-corrected chi connectivity index (χ0v) is 16.8. The van der Waals surface area contributed by atoms with Crippen LogP contribution in [0.25, 0.3) is 0 Å². The standard InChI is InChI=1S/C22H24ClFN2O2/c1-3-4-11-25-21(27)20-19-12-17(24)9-10-18(19)22(28)26(20)13-14(2)15-5-7-16(23)8-6-15/h5-10,12,14,20H,3-4,11,13H2,1-2H3,(H,25,27)/t14-,20+/m1/s1. The van der Waals surface area contributed by atoms with Gasteiger partial charge in [-0.15, -0.1) is 0 Å². The zero-order valence-electron chi connectivity index (χ0n) is 16.0. The van der Waals surface area contributed by atoms with Crippen LogP contribution in [-0.4, -0.2) is 29.8 Å². The van der Waals surface area contributed by atoms with Gasteiger partial charge in [0.1, 0.15) is 11.9 Å². The van der Waals surface area contributed by atoms with Crippen molar-refractivity contribution < 1.29 is 14.0 Å². The topological polar surface area (TPSA) is 49.4 Å². The van der Waals surface area contributed by atoms with Gasteiger partial charge in [-0.25, -0.2) is 4.39 Å². The van der Waals surface area contributed by atoms with Gasteiger partial charge >= 0.3 is 0 Å².